The van der Waals surface area contributed by atoms with Crippen molar-refractivity contribution in [1.29, 1.82) is 0 Å². The van der Waals surface area contributed by atoms with Gasteiger partial charge < -0.3 is 19.1 Å². The molecule has 8 heteroatoms. The van der Waals surface area contributed by atoms with Crippen LogP contribution in [0.3, 0.4) is 0 Å². The van der Waals surface area contributed by atoms with Crippen molar-refractivity contribution in [2.75, 3.05) is 36.4 Å². The molecule has 2 aliphatic heterocycles. The first kappa shape index (κ1) is 21.2. The predicted molar refractivity (Wildman–Crippen MR) is 117 cm³/mol. The molecule has 0 radical (unpaired) electrons. The van der Waals surface area contributed by atoms with Gasteiger partial charge in [-0.15, -0.1) is 0 Å². The summed E-state index contributed by atoms with van der Waals surface area (Å²) in [6.45, 7) is 8.02. The summed E-state index contributed by atoms with van der Waals surface area (Å²) in [6, 6.07) is 9.24. The highest BCUT2D eigenvalue weighted by Crippen LogP contribution is 2.33. The Hall–Kier alpha value is -3.03. The Bertz CT molecular complexity index is 943. The van der Waals surface area contributed by atoms with E-state index in [9.17, 15) is 9.59 Å². The van der Waals surface area contributed by atoms with E-state index >= 15 is 0 Å². The maximum atomic E-state index is 13.0. The number of fused-ring (bicyclic) bond motifs is 1. The molecule has 0 spiro atoms. The summed E-state index contributed by atoms with van der Waals surface area (Å²) in [5.41, 5.74) is 1.40. The largest absolute Gasteiger partial charge is 0.477 e. The number of anilines is 2. The molecule has 3 heterocycles. The van der Waals surface area contributed by atoms with Crippen LogP contribution < -0.4 is 15.0 Å². The number of rotatable bonds is 4. The number of hydrogen-bond donors (Lipinski definition) is 1. The summed E-state index contributed by atoms with van der Waals surface area (Å²) in [6.07, 6.45) is 2.57. The quantitative estimate of drug-likeness (QED) is 0.808. The minimum absolute atomic E-state index is 0.00957. The SMILES string of the molecule is CC(C)(C)c1cc(NC(=O)CN2C[C@H](C(=O)N3CCCCC3)Oc3ccccc32)on1. The predicted octanol–water partition coefficient (Wildman–Crippen LogP) is 3.19. The van der Waals surface area contributed by atoms with Crippen molar-refractivity contribution >= 4 is 23.4 Å². The summed E-state index contributed by atoms with van der Waals surface area (Å²) < 4.78 is 11.3. The summed E-state index contributed by atoms with van der Waals surface area (Å²) in [4.78, 5) is 29.6. The first-order valence-electron chi connectivity index (χ1n) is 10.9. The minimum Gasteiger partial charge on any atom is -0.477 e. The topological polar surface area (TPSA) is 87.9 Å². The van der Waals surface area contributed by atoms with Gasteiger partial charge in [-0.2, -0.15) is 0 Å². The van der Waals surface area contributed by atoms with E-state index in [4.69, 9.17) is 9.26 Å². The highest BCUT2D eigenvalue weighted by molar-refractivity contribution is 5.94. The number of carbonyl (C=O) groups is 2. The zero-order valence-electron chi connectivity index (χ0n) is 18.4. The maximum absolute atomic E-state index is 13.0. The molecule has 0 unspecified atom stereocenters. The van der Waals surface area contributed by atoms with Crippen molar-refractivity contribution in [1.82, 2.24) is 10.1 Å². The van der Waals surface area contributed by atoms with Gasteiger partial charge in [0.2, 0.25) is 11.8 Å². The Kier molecular flexibility index (Phi) is 5.89. The normalized spacial score (nSPS) is 18.9. The fourth-order valence-corrected chi connectivity index (χ4v) is 3.94. The zero-order valence-corrected chi connectivity index (χ0v) is 18.4. The zero-order chi connectivity index (χ0) is 22.0. The molecule has 2 amide bonds. The van der Waals surface area contributed by atoms with E-state index in [1.54, 1.807) is 6.07 Å². The van der Waals surface area contributed by atoms with Gasteiger partial charge >= 0.3 is 0 Å². The van der Waals surface area contributed by atoms with E-state index in [0.717, 1.165) is 43.7 Å². The summed E-state index contributed by atoms with van der Waals surface area (Å²) in [5.74, 6) is 0.686. The monoisotopic (exact) mass is 426 g/mol. The van der Waals surface area contributed by atoms with Crippen molar-refractivity contribution in [2.24, 2.45) is 0 Å². The first-order valence-corrected chi connectivity index (χ1v) is 10.9. The number of nitrogens with zero attached hydrogens (tertiary/aromatic N) is 3. The van der Waals surface area contributed by atoms with Crippen LogP contribution in [-0.4, -0.2) is 54.2 Å². The Morgan fingerprint density at radius 1 is 1.16 bits per heavy atom. The molecule has 166 valence electrons. The Balaban J connectivity index is 1.46. The smallest absolute Gasteiger partial charge is 0.265 e. The lowest BCUT2D eigenvalue weighted by atomic mass is 9.92. The summed E-state index contributed by atoms with van der Waals surface area (Å²) in [7, 11) is 0. The molecule has 1 atom stereocenters. The number of piperidine rings is 1. The molecule has 0 aliphatic carbocycles. The van der Waals surface area contributed by atoms with Crippen LogP contribution in [0.25, 0.3) is 0 Å². The maximum Gasteiger partial charge on any atom is 0.265 e. The van der Waals surface area contributed by atoms with E-state index in [0.29, 0.717) is 18.2 Å². The van der Waals surface area contributed by atoms with E-state index in [2.05, 4.69) is 10.5 Å². The number of ether oxygens (including phenoxy) is 1. The molecular formula is C23H30N4O4. The second-order valence-electron chi connectivity index (χ2n) is 9.22. The molecule has 0 saturated carbocycles. The molecule has 8 nitrogen and oxygen atoms in total. The number of para-hydroxylation sites is 2. The van der Waals surface area contributed by atoms with Crippen LogP contribution in [0.1, 0.15) is 45.7 Å². The molecule has 1 aromatic carbocycles. The van der Waals surface area contributed by atoms with Crippen molar-refractivity contribution in [2.45, 2.75) is 51.6 Å². The minimum atomic E-state index is -0.626. The average molecular weight is 427 g/mol. The second kappa shape index (κ2) is 8.61. The third kappa shape index (κ3) is 4.84. The molecule has 2 aromatic rings. The van der Waals surface area contributed by atoms with Gasteiger partial charge in [0, 0.05) is 24.6 Å². The van der Waals surface area contributed by atoms with Crippen LogP contribution in [0.5, 0.6) is 5.75 Å². The lowest BCUT2D eigenvalue weighted by molar-refractivity contribution is -0.139. The standard InChI is InChI=1S/C23H30N4O4/c1-23(2,3)19-13-21(31-25-19)24-20(28)15-27-14-18(22(29)26-11-7-4-8-12-26)30-17-10-6-5-9-16(17)27/h5-6,9-10,13,18H,4,7-8,11-12,14-15H2,1-3H3,(H,24,28)/t18-/m1/s1. The summed E-state index contributed by atoms with van der Waals surface area (Å²) >= 11 is 0. The second-order valence-corrected chi connectivity index (χ2v) is 9.22. The van der Waals surface area contributed by atoms with Crippen LogP contribution in [-0.2, 0) is 15.0 Å². The molecule has 1 saturated heterocycles. The number of benzene rings is 1. The number of likely N-dealkylation sites (tertiary alicyclic amines) is 1. The highest BCUT2D eigenvalue weighted by atomic mass is 16.5. The number of nitrogens with one attached hydrogen (secondary N) is 1. The lowest BCUT2D eigenvalue weighted by Crippen LogP contribution is -2.52. The van der Waals surface area contributed by atoms with Gasteiger partial charge in [-0.1, -0.05) is 38.1 Å². The van der Waals surface area contributed by atoms with Gasteiger partial charge in [0.25, 0.3) is 5.91 Å². The van der Waals surface area contributed by atoms with Gasteiger partial charge in [0.05, 0.1) is 24.5 Å². The fraction of sp³-hybridized carbons (Fsp3) is 0.522. The van der Waals surface area contributed by atoms with Crippen molar-refractivity contribution in [3.63, 3.8) is 0 Å². The van der Waals surface area contributed by atoms with Crippen molar-refractivity contribution < 1.29 is 18.8 Å². The number of hydrogen-bond acceptors (Lipinski definition) is 6. The van der Waals surface area contributed by atoms with Gasteiger partial charge in [-0.05, 0) is 31.4 Å². The Morgan fingerprint density at radius 2 is 1.90 bits per heavy atom. The first-order chi connectivity index (χ1) is 14.8. The van der Waals surface area contributed by atoms with Gasteiger partial charge in [0.15, 0.2) is 6.10 Å². The molecule has 1 aromatic heterocycles. The molecule has 4 rings (SSSR count). The van der Waals surface area contributed by atoms with E-state index < -0.39 is 6.10 Å². The third-order valence-corrected chi connectivity index (χ3v) is 5.68. The Labute approximate surface area is 182 Å². The van der Waals surface area contributed by atoms with Crippen LogP contribution in [0.4, 0.5) is 11.6 Å². The van der Waals surface area contributed by atoms with E-state index in [-0.39, 0.29) is 23.8 Å². The molecule has 1 N–H and O–H groups in total. The van der Waals surface area contributed by atoms with Crippen LogP contribution >= 0.6 is 0 Å². The van der Waals surface area contributed by atoms with Crippen LogP contribution in [0.15, 0.2) is 34.9 Å². The third-order valence-electron chi connectivity index (χ3n) is 5.68. The molecule has 31 heavy (non-hydrogen) atoms. The molecular weight excluding hydrogens is 396 g/mol. The lowest BCUT2D eigenvalue weighted by Gasteiger charge is -2.38. The highest BCUT2D eigenvalue weighted by Gasteiger charge is 2.34. The number of aromatic nitrogens is 1. The van der Waals surface area contributed by atoms with Gasteiger partial charge in [0.1, 0.15) is 5.75 Å². The van der Waals surface area contributed by atoms with Crippen molar-refractivity contribution in [3.05, 3.63) is 36.0 Å². The van der Waals surface area contributed by atoms with Crippen LogP contribution in [0, 0.1) is 0 Å². The van der Waals surface area contributed by atoms with E-state index in [1.807, 2.05) is 54.8 Å². The number of amides is 2. The van der Waals surface area contributed by atoms with Crippen LogP contribution in [0.2, 0.25) is 0 Å². The summed E-state index contributed by atoms with van der Waals surface area (Å²) in [5, 5.41) is 6.81. The average Bonchev–Trinajstić information content (AvgIpc) is 3.22. The number of carbonyl (C=O) groups excluding carboxylic acids is 2. The van der Waals surface area contributed by atoms with Gasteiger partial charge in [-0.25, -0.2) is 0 Å². The van der Waals surface area contributed by atoms with Gasteiger partial charge in [-0.3, -0.25) is 14.9 Å². The van der Waals surface area contributed by atoms with Crippen molar-refractivity contribution in [3.8, 4) is 5.75 Å². The fourth-order valence-electron chi connectivity index (χ4n) is 3.94. The molecule has 2 aliphatic rings. The molecule has 1 fully saturated rings. The molecule has 0 bridgehead atoms. The Morgan fingerprint density at radius 3 is 2.61 bits per heavy atom. The van der Waals surface area contributed by atoms with E-state index in [1.165, 1.54) is 0 Å².